The van der Waals surface area contributed by atoms with Crippen LogP contribution in [0.4, 0.5) is 18.9 Å². The van der Waals surface area contributed by atoms with Crippen molar-refractivity contribution in [2.45, 2.75) is 6.18 Å². The van der Waals surface area contributed by atoms with Crippen LogP contribution in [0.1, 0.15) is 11.1 Å². The maximum Gasteiger partial charge on any atom is 0.416 e. The van der Waals surface area contributed by atoms with Crippen LogP contribution in [-0.2, 0) is 11.0 Å². The number of nitro benzene ring substituents is 1. The Balaban J connectivity index is 1.92. The molecule has 172 valence electrons. The van der Waals surface area contributed by atoms with Crippen molar-refractivity contribution in [1.29, 1.82) is 0 Å². The van der Waals surface area contributed by atoms with Gasteiger partial charge in [-0.3, -0.25) is 19.8 Å². The molecule has 0 spiro atoms. The van der Waals surface area contributed by atoms with Crippen molar-refractivity contribution in [3.05, 3.63) is 75.2 Å². The summed E-state index contributed by atoms with van der Waals surface area (Å²) in [6.45, 7) is 3.87. The molecule has 0 bridgehead atoms. The molecular formula is C21H15F3N2O5S2. The van der Waals surface area contributed by atoms with Crippen LogP contribution in [0.5, 0.6) is 17.2 Å². The van der Waals surface area contributed by atoms with E-state index in [1.165, 1.54) is 24.1 Å². The predicted molar refractivity (Wildman–Crippen MR) is 121 cm³/mol. The molecule has 12 heteroatoms. The van der Waals surface area contributed by atoms with E-state index in [4.69, 9.17) is 21.7 Å². The van der Waals surface area contributed by atoms with Crippen molar-refractivity contribution in [2.75, 3.05) is 13.7 Å². The molecule has 1 heterocycles. The molecule has 0 unspecified atom stereocenters. The van der Waals surface area contributed by atoms with Crippen molar-refractivity contribution >= 4 is 46.0 Å². The number of alkyl halides is 3. The highest BCUT2D eigenvalue weighted by molar-refractivity contribution is 8.26. The second kappa shape index (κ2) is 9.63. The number of carbonyl (C=O) groups is 1. The number of carbonyl (C=O) groups excluding carboxylic acids is 1. The van der Waals surface area contributed by atoms with Gasteiger partial charge in [-0.2, -0.15) is 13.2 Å². The number of nitro groups is 1. The van der Waals surface area contributed by atoms with Gasteiger partial charge in [0.15, 0.2) is 11.5 Å². The number of thiocarbonyl (C=S) groups is 1. The summed E-state index contributed by atoms with van der Waals surface area (Å²) in [5, 5.41) is 11.3. The molecule has 3 rings (SSSR count). The highest BCUT2D eigenvalue weighted by atomic mass is 32.2. The van der Waals surface area contributed by atoms with Gasteiger partial charge in [0.25, 0.3) is 5.91 Å². The molecule has 0 atom stereocenters. The third kappa shape index (κ3) is 5.34. The zero-order chi connectivity index (χ0) is 24.3. The molecular weight excluding hydrogens is 481 g/mol. The molecule has 1 saturated heterocycles. The summed E-state index contributed by atoms with van der Waals surface area (Å²) in [5.74, 6) is -0.467. The van der Waals surface area contributed by atoms with E-state index in [1.54, 1.807) is 18.2 Å². The van der Waals surface area contributed by atoms with Gasteiger partial charge in [0.05, 0.1) is 22.5 Å². The molecule has 1 amide bonds. The number of hydrogen-bond acceptors (Lipinski definition) is 7. The molecule has 0 saturated carbocycles. The zero-order valence-electron chi connectivity index (χ0n) is 16.9. The number of benzene rings is 2. The van der Waals surface area contributed by atoms with Crippen LogP contribution >= 0.6 is 24.0 Å². The quantitative estimate of drug-likeness (QED) is 0.157. The van der Waals surface area contributed by atoms with Gasteiger partial charge in [0.1, 0.15) is 4.32 Å². The predicted octanol–water partition coefficient (Wildman–Crippen LogP) is 5.80. The van der Waals surface area contributed by atoms with Crippen LogP contribution < -0.4 is 9.47 Å². The largest absolute Gasteiger partial charge is 0.493 e. The Morgan fingerprint density at radius 2 is 1.91 bits per heavy atom. The summed E-state index contributed by atoms with van der Waals surface area (Å²) in [6.07, 6.45) is -1.59. The first kappa shape index (κ1) is 24.3. The first-order chi connectivity index (χ1) is 15.5. The third-order valence-corrected chi connectivity index (χ3v) is 5.75. The van der Waals surface area contributed by atoms with Crippen molar-refractivity contribution in [2.24, 2.45) is 0 Å². The molecule has 0 aliphatic carbocycles. The molecule has 1 aliphatic heterocycles. The van der Waals surface area contributed by atoms with Gasteiger partial charge in [-0.25, -0.2) is 0 Å². The number of ether oxygens (including phenoxy) is 2. The smallest absolute Gasteiger partial charge is 0.416 e. The maximum absolute atomic E-state index is 12.9. The van der Waals surface area contributed by atoms with Crippen LogP contribution in [0, 0.1) is 10.1 Å². The van der Waals surface area contributed by atoms with Crippen molar-refractivity contribution < 1.29 is 32.4 Å². The van der Waals surface area contributed by atoms with E-state index in [2.05, 4.69) is 6.58 Å². The fourth-order valence-electron chi connectivity index (χ4n) is 2.84. The lowest BCUT2D eigenvalue weighted by Gasteiger charge is -2.13. The third-order valence-electron chi connectivity index (χ3n) is 4.37. The lowest BCUT2D eigenvalue weighted by atomic mass is 10.1. The molecule has 2 aromatic rings. The molecule has 1 fully saturated rings. The van der Waals surface area contributed by atoms with Gasteiger partial charge in [0, 0.05) is 12.6 Å². The molecule has 7 nitrogen and oxygen atoms in total. The minimum Gasteiger partial charge on any atom is -0.493 e. The maximum atomic E-state index is 12.9. The number of thioether (sulfide) groups is 1. The summed E-state index contributed by atoms with van der Waals surface area (Å²) in [6, 6.07) is 6.48. The summed E-state index contributed by atoms with van der Waals surface area (Å²) in [5.41, 5.74) is -1.46. The molecule has 0 aromatic heterocycles. The average molecular weight is 496 g/mol. The molecule has 2 aromatic carbocycles. The highest BCUT2D eigenvalue weighted by Crippen LogP contribution is 2.41. The Labute approximate surface area is 195 Å². The van der Waals surface area contributed by atoms with Gasteiger partial charge in [-0.05, 0) is 35.9 Å². The van der Waals surface area contributed by atoms with E-state index in [-0.39, 0.29) is 29.7 Å². The number of nitrogens with zero attached hydrogens (tertiary/aromatic N) is 2. The molecule has 1 aliphatic rings. The van der Waals surface area contributed by atoms with Gasteiger partial charge in [0.2, 0.25) is 5.75 Å². The van der Waals surface area contributed by atoms with Crippen LogP contribution in [-0.4, -0.2) is 33.7 Å². The summed E-state index contributed by atoms with van der Waals surface area (Å²) < 4.78 is 49.9. The van der Waals surface area contributed by atoms with Crippen LogP contribution in [0.15, 0.2) is 54.0 Å². The Morgan fingerprint density at radius 3 is 2.52 bits per heavy atom. The van der Waals surface area contributed by atoms with Crippen molar-refractivity contribution in [3.8, 4) is 17.2 Å². The van der Waals surface area contributed by atoms with E-state index < -0.39 is 22.4 Å². The number of methoxy groups -OCH3 is 1. The minimum atomic E-state index is -4.74. The van der Waals surface area contributed by atoms with E-state index >= 15 is 0 Å². The Morgan fingerprint density at radius 1 is 1.21 bits per heavy atom. The minimum absolute atomic E-state index is 0.0386. The van der Waals surface area contributed by atoms with Crippen molar-refractivity contribution in [1.82, 2.24) is 4.90 Å². The van der Waals surface area contributed by atoms with Crippen LogP contribution in [0.3, 0.4) is 0 Å². The Bertz CT molecular complexity index is 1180. The number of amides is 1. The van der Waals surface area contributed by atoms with Gasteiger partial charge in [-0.15, -0.1) is 6.58 Å². The summed E-state index contributed by atoms with van der Waals surface area (Å²) >= 11 is 6.32. The van der Waals surface area contributed by atoms with E-state index in [0.717, 1.165) is 17.8 Å². The van der Waals surface area contributed by atoms with Crippen LogP contribution in [0.25, 0.3) is 6.08 Å². The monoisotopic (exact) mass is 496 g/mol. The Hall–Kier alpha value is -3.38. The van der Waals surface area contributed by atoms with E-state index in [9.17, 15) is 28.1 Å². The lowest BCUT2D eigenvalue weighted by molar-refractivity contribution is -0.385. The van der Waals surface area contributed by atoms with Crippen molar-refractivity contribution in [3.63, 3.8) is 0 Å². The van der Waals surface area contributed by atoms with E-state index in [0.29, 0.717) is 26.9 Å². The number of hydrogen-bond donors (Lipinski definition) is 0. The van der Waals surface area contributed by atoms with Crippen LogP contribution in [0.2, 0.25) is 0 Å². The summed E-state index contributed by atoms with van der Waals surface area (Å²) in [4.78, 5) is 24.6. The molecule has 33 heavy (non-hydrogen) atoms. The highest BCUT2D eigenvalue weighted by Gasteiger charge is 2.34. The topological polar surface area (TPSA) is 81.9 Å². The second-order valence-corrected chi connectivity index (χ2v) is 8.21. The Kier molecular flexibility index (Phi) is 7.08. The first-order valence-electron chi connectivity index (χ1n) is 9.13. The molecule has 0 radical (unpaired) electrons. The van der Waals surface area contributed by atoms with E-state index in [1.807, 2.05) is 0 Å². The average Bonchev–Trinajstić information content (AvgIpc) is 3.01. The second-order valence-electron chi connectivity index (χ2n) is 6.53. The molecule has 0 N–H and O–H groups in total. The van der Waals surface area contributed by atoms with Gasteiger partial charge >= 0.3 is 11.9 Å². The SMILES string of the molecule is C=CCN1C(=O)/C(=C/c2ccc(Oc3ccc(C(F)(F)F)cc3[N+](=O)[O-])c(OC)c2)SC1=S. The fraction of sp³-hybridized carbons (Fsp3) is 0.143. The first-order valence-corrected chi connectivity index (χ1v) is 10.4. The van der Waals surface area contributed by atoms with Gasteiger partial charge < -0.3 is 9.47 Å². The van der Waals surface area contributed by atoms with Gasteiger partial charge in [-0.1, -0.05) is 36.1 Å². The standard InChI is InChI=1S/C21H15F3N2O5S2/c1-3-8-25-19(27)18(33-20(25)32)10-12-4-6-16(17(9-12)30-2)31-15-7-5-13(21(22,23)24)11-14(15)26(28)29/h3-7,9-11H,1,8H2,2H3/b18-10-. The fourth-order valence-corrected chi connectivity index (χ4v) is 4.11. The zero-order valence-corrected chi connectivity index (χ0v) is 18.6. The normalized spacial score (nSPS) is 15.2. The number of halogens is 3. The number of rotatable bonds is 7. The summed E-state index contributed by atoms with van der Waals surface area (Å²) in [7, 11) is 1.33. The lowest BCUT2D eigenvalue weighted by Crippen LogP contribution is -2.27.